The van der Waals surface area contributed by atoms with Crippen LogP contribution in [-0.2, 0) is 30.9 Å². The van der Waals surface area contributed by atoms with Gasteiger partial charge in [-0.1, -0.05) is 0 Å². The van der Waals surface area contributed by atoms with Crippen molar-refractivity contribution in [2.24, 2.45) is 0 Å². The van der Waals surface area contributed by atoms with Gasteiger partial charge in [0.15, 0.2) is 0 Å². The first-order chi connectivity index (χ1) is 4.04. The Kier molecular flexibility index (Phi) is 4.45. The van der Waals surface area contributed by atoms with E-state index in [9.17, 15) is 4.79 Å². The molecule has 0 rings (SSSR count). The summed E-state index contributed by atoms with van der Waals surface area (Å²) in [7, 11) is 0. The van der Waals surface area contributed by atoms with Gasteiger partial charge in [0, 0.05) is 0 Å². The van der Waals surface area contributed by atoms with E-state index in [1.54, 1.807) is 0 Å². The van der Waals surface area contributed by atoms with Crippen LogP contribution in [0.4, 0.5) is 0 Å². The molecule has 0 atom stereocenters. The molecular weight excluding hydrogens is 305 g/mol. The van der Waals surface area contributed by atoms with Crippen LogP contribution >= 0.6 is 0 Å². The third kappa shape index (κ3) is 4.88. The number of hydrogen-bond acceptors (Lipinski definition) is 2. The standard InChI is InChI=1S/C3H7.C2H4O2.CH3.Hg/c1-3-2;1-2(3)4;;/h3H,1-2H3;1H3,(H,3,4);1H3;/q;;;+1/p-1. The molecule has 0 aliphatic carbocycles. The van der Waals surface area contributed by atoms with Crippen LogP contribution in [0.15, 0.2) is 0 Å². The minimum atomic E-state index is -2.00. The molecule has 0 saturated heterocycles. The Morgan fingerprint density at radius 3 is 2.11 bits per heavy atom. The Morgan fingerprint density at radius 2 is 2.00 bits per heavy atom. The van der Waals surface area contributed by atoms with E-state index < -0.39 is 23.5 Å². The van der Waals surface area contributed by atoms with E-state index in [0.29, 0.717) is 3.43 Å². The van der Waals surface area contributed by atoms with Crippen LogP contribution in [0.5, 0.6) is 0 Å². The molecule has 0 unspecified atom stereocenters. The number of rotatable bonds is 2. The van der Waals surface area contributed by atoms with Crippen molar-refractivity contribution in [2.45, 2.75) is 28.6 Å². The van der Waals surface area contributed by atoms with Gasteiger partial charge in [0.05, 0.1) is 0 Å². The van der Waals surface area contributed by atoms with Crippen molar-refractivity contribution in [3.63, 3.8) is 0 Å². The maximum atomic E-state index is 10.4. The van der Waals surface area contributed by atoms with Gasteiger partial charge in [0.2, 0.25) is 0 Å². The molecule has 0 spiro atoms. The van der Waals surface area contributed by atoms with Gasteiger partial charge >= 0.3 is 65.5 Å². The zero-order chi connectivity index (χ0) is 7.44. The number of hydrogen-bond donors (Lipinski definition) is 0. The molecular formula is C6H13HgO2. The van der Waals surface area contributed by atoms with Gasteiger partial charge in [0.1, 0.15) is 0 Å². The van der Waals surface area contributed by atoms with Gasteiger partial charge in [-0.2, -0.15) is 0 Å². The topological polar surface area (TPSA) is 26.3 Å². The summed E-state index contributed by atoms with van der Waals surface area (Å²) in [4.78, 5) is 10.4. The monoisotopic (exact) mass is 319 g/mol. The third-order valence-electron chi connectivity index (χ3n) is 1.58. The minimum absolute atomic E-state index is 0.0951. The molecule has 0 aromatic heterocycles. The number of carbonyl (C=O) groups is 1. The van der Waals surface area contributed by atoms with Crippen molar-refractivity contribution in [2.75, 3.05) is 0 Å². The third-order valence-corrected chi connectivity index (χ3v) is 13.9. The fourth-order valence-electron chi connectivity index (χ4n) is 0.487. The second kappa shape index (κ2) is 4.26. The summed E-state index contributed by atoms with van der Waals surface area (Å²) in [6, 6.07) is 0. The molecule has 0 amide bonds. The summed E-state index contributed by atoms with van der Waals surface area (Å²) >= 11 is -2.00. The van der Waals surface area contributed by atoms with Crippen molar-refractivity contribution in [3.05, 3.63) is 0 Å². The Morgan fingerprint density at radius 1 is 1.56 bits per heavy atom. The predicted molar refractivity (Wildman–Crippen MR) is 32.7 cm³/mol. The Labute approximate surface area is 65.5 Å². The maximum absolute atomic E-state index is 10.4. The fourth-order valence-corrected chi connectivity index (χ4v) is 4.28. The van der Waals surface area contributed by atoms with E-state index in [2.05, 4.69) is 18.3 Å². The van der Waals surface area contributed by atoms with Gasteiger partial charge in [-0.3, -0.25) is 0 Å². The van der Waals surface area contributed by atoms with Crippen LogP contribution in [0, 0.1) is 0 Å². The van der Waals surface area contributed by atoms with Crippen LogP contribution in [-0.4, -0.2) is 5.97 Å². The Hall–Kier alpha value is 0.405. The molecule has 0 aliphatic heterocycles. The molecule has 9 heavy (non-hydrogen) atoms. The van der Waals surface area contributed by atoms with E-state index in [0.717, 1.165) is 0 Å². The SMILES string of the molecule is CC(=O)[O][Hg]([CH3])[CH](C)C. The van der Waals surface area contributed by atoms with Gasteiger partial charge in [-0.15, -0.1) is 0 Å². The summed E-state index contributed by atoms with van der Waals surface area (Å²) in [5.74, 6) is -0.0951. The van der Waals surface area contributed by atoms with Crippen LogP contribution < -0.4 is 0 Å². The Bertz CT molecular complexity index is 101. The quantitative estimate of drug-likeness (QED) is 0.728. The summed E-state index contributed by atoms with van der Waals surface area (Å²) in [5.41, 5.74) is 0. The fraction of sp³-hybridized carbons (Fsp3) is 0.833. The van der Waals surface area contributed by atoms with E-state index in [1.807, 2.05) is 0 Å². The molecule has 0 aromatic carbocycles. The zero-order valence-corrected chi connectivity index (χ0v) is 12.1. The summed E-state index contributed by atoms with van der Waals surface area (Å²) in [5, 5.41) is 0. The summed E-state index contributed by atoms with van der Waals surface area (Å²) in [6.07, 6.45) is 0. The Balaban J connectivity index is 3.50. The van der Waals surface area contributed by atoms with E-state index in [-0.39, 0.29) is 5.97 Å². The van der Waals surface area contributed by atoms with Crippen LogP contribution in [0.2, 0.25) is 7.86 Å². The second-order valence-electron chi connectivity index (χ2n) is 2.89. The van der Waals surface area contributed by atoms with Crippen molar-refractivity contribution in [1.29, 1.82) is 0 Å². The molecule has 0 fully saturated rings. The number of carbonyl (C=O) groups excluding carboxylic acids is 1. The van der Waals surface area contributed by atoms with Crippen molar-refractivity contribution >= 4 is 5.97 Å². The predicted octanol–water partition coefficient (Wildman–Crippen LogP) is 1.96. The van der Waals surface area contributed by atoms with Gasteiger partial charge in [-0.25, -0.2) is 0 Å². The van der Waals surface area contributed by atoms with E-state index >= 15 is 0 Å². The molecule has 0 aromatic rings. The first-order valence-corrected chi connectivity index (χ1v) is 14.4. The van der Waals surface area contributed by atoms with Gasteiger partial charge in [-0.05, 0) is 0 Å². The second-order valence-corrected chi connectivity index (χ2v) is 17.1. The van der Waals surface area contributed by atoms with Crippen molar-refractivity contribution < 1.29 is 30.9 Å². The molecule has 0 saturated carbocycles. The molecule has 0 radical (unpaired) electrons. The normalized spacial score (nSPS) is 9.44. The van der Waals surface area contributed by atoms with E-state index in [1.165, 1.54) is 6.92 Å². The van der Waals surface area contributed by atoms with Crippen LogP contribution in [0.1, 0.15) is 20.8 Å². The van der Waals surface area contributed by atoms with Crippen molar-refractivity contribution in [3.8, 4) is 0 Å². The average Bonchev–Trinajstić information content (AvgIpc) is 1.63. The molecule has 0 N–H and O–H groups in total. The molecule has 0 heterocycles. The average molecular weight is 318 g/mol. The van der Waals surface area contributed by atoms with Gasteiger partial charge in [0.25, 0.3) is 0 Å². The molecule has 2 nitrogen and oxygen atoms in total. The van der Waals surface area contributed by atoms with Gasteiger partial charge < -0.3 is 0 Å². The zero-order valence-electron chi connectivity index (χ0n) is 6.60. The molecule has 3 heteroatoms. The van der Waals surface area contributed by atoms with Crippen LogP contribution in [0.25, 0.3) is 0 Å². The van der Waals surface area contributed by atoms with E-state index in [4.69, 9.17) is 2.64 Å². The molecule has 0 aliphatic rings. The summed E-state index contributed by atoms with van der Waals surface area (Å²) in [6.45, 7) is 5.74. The summed E-state index contributed by atoms with van der Waals surface area (Å²) < 4.78 is 7.87. The van der Waals surface area contributed by atoms with Crippen molar-refractivity contribution in [1.82, 2.24) is 0 Å². The molecule has 0 bridgehead atoms. The first-order valence-electron chi connectivity index (χ1n) is 3.47. The molecule has 51 valence electrons. The van der Waals surface area contributed by atoms with Crippen LogP contribution in [0.3, 0.4) is 0 Å². The first kappa shape index (κ1) is 9.41.